The van der Waals surface area contributed by atoms with Crippen LogP contribution in [0.25, 0.3) is 0 Å². The Bertz CT molecular complexity index is 1130. The summed E-state index contributed by atoms with van der Waals surface area (Å²) in [6.07, 6.45) is 16.3. The minimum Gasteiger partial charge on any atom is -0.390 e. The summed E-state index contributed by atoms with van der Waals surface area (Å²) in [4.78, 5) is 24.8. The van der Waals surface area contributed by atoms with E-state index in [0.29, 0.717) is 24.7 Å². The van der Waals surface area contributed by atoms with E-state index in [4.69, 9.17) is 5.73 Å². The second kappa shape index (κ2) is 15.1. The molecule has 0 spiro atoms. The molecule has 4 rings (SSSR count). The van der Waals surface area contributed by atoms with E-state index >= 15 is 0 Å². The van der Waals surface area contributed by atoms with Crippen molar-refractivity contribution in [2.24, 2.45) is 28.5 Å². The third-order valence-corrected chi connectivity index (χ3v) is 10.1. The number of hydrogen-bond donors (Lipinski definition) is 2. The molecule has 2 fully saturated rings. The Labute approximate surface area is 254 Å². The van der Waals surface area contributed by atoms with Crippen molar-refractivity contribution in [2.75, 3.05) is 13.1 Å². The maximum atomic E-state index is 14.1. The highest BCUT2D eigenvalue weighted by molar-refractivity contribution is 5.84. The first-order valence-corrected chi connectivity index (χ1v) is 16.5. The van der Waals surface area contributed by atoms with Crippen molar-refractivity contribution in [3.63, 3.8) is 0 Å². The van der Waals surface area contributed by atoms with Crippen LogP contribution in [-0.2, 0) is 10.2 Å². The first-order chi connectivity index (χ1) is 20.2. The lowest BCUT2D eigenvalue weighted by atomic mass is 9.66. The normalized spacial score (nSPS) is 26.2. The molecule has 1 aliphatic carbocycles. The Balaban J connectivity index is 1.60. The average molecular weight is 575 g/mol. The van der Waals surface area contributed by atoms with Crippen molar-refractivity contribution < 1.29 is 9.90 Å². The van der Waals surface area contributed by atoms with Gasteiger partial charge in [-0.25, -0.2) is 4.99 Å². The zero-order valence-corrected chi connectivity index (χ0v) is 26.3. The smallest absolute Gasteiger partial charge is 0.225 e. The van der Waals surface area contributed by atoms with Crippen LogP contribution in [0.1, 0.15) is 110 Å². The number of amides is 1. The molecule has 1 saturated carbocycles. The fourth-order valence-electron chi connectivity index (χ4n) is 7.62. The molecule has 42 heavy (non-hydrogen) atoms. The standard InChI is InChI=1S/C36H54N4O2/c1-4-11-28(2)26-35(31-13-6-5-7-14-31)18-8-12-30(27-36(42)20-9-21-36)29(3)34(41)40(24-10-19-35)25-17-33(37)39-32-15-22-38-23-16-32/h5-7,13-16,22-23,28-30,42H,4,8-12,17-21,24-27H2,1-3H3,(H2,37,38,39)/t28?,29?,30?,35-/m0/s1. The van der Waals surface area contributed by atoms with Crippen LogP contribution in [0.2, 0.25) is 0 Å². The molecule has 4 atom stereocenters. The van der Waals surface area contributed by atoms with Crippen LogP contribution in [0.5, 0.6) is 0 Å². The SMILES string of the molecule is CCCC(C)C[C@]1(c2ccccc2)CCCC(CC2(O)CCC2)C(C)C(=O)N(CCC(N)=Nc2ccncc2)CCC1. The van der Waals surface area contributed by atoms with Crippen molar-refractivity contribution in [3.05, 3.63) is 60.4 Å². The molecule has 1 amide bonds. The highest BCUT2D eigenvalue weighted by Gasteiger charge is 2.41. The van der Waals surface area contributed by atoms with Crippen LogP contribution in [0, 0.1) is 17.8 Å². The van der Waals surface area contributed by atoms with E-state index in [-0.39, 0.29) is 23.2 Å². The number of amidine groups is 1. The van der Waals surface area contributed by atoms with Gasteiger partial charge >= 0.3 is 0 Å². The Morgan fingerprint density at radius 1 is 1.10 bits per heavy atom. The topological polar surface area (TPSA) is 91.8 Å². The summed E-state index contributed by atoms with van der Waals surface area (Å²) in [7, 11) is 0. The van der Waals surface area contributed by atoms with Gasteiger partial charge in [-0.05, 0) is 92.7 Å². The summed E-state index contributed by atoms with van der Waals surface area (Å²) in [6.45, 7) is 8.08. The molecule has 2 aromatic rings. The fraction of sp³-hybridized carbons (Fsp3) is 0.639. The number of pyridine rings is 1. The van der Waals surface area contributed by atoms with Crippen LogP contribution in [0.3, 0.4) is 0 Å². The number of nitrogens with zero attached hydrogens (tertiary/aromatic N) is 3. The molecule has 2 aliphatic rings. The van der Waals surface area contributed by atoms with Crippen molar-refractivity contribution in [3.8, 4) is 0 Å². The van der Waals surface area contributed by atoms with Crippen LogP contribution < -0.4 is 5.73 Å². The molecule has 1 saturated heterocycles. The molecular weight excluding hydrogens is 520 g/mol. The monoisotopic (exact) mass is 574 g/mol. The molecular formula is C36H54N4O2. The Morgan fingerprint density at radius 3 is 2.48 bits per heavy atom. The van der Waals surface area contributed by atoms with Gasteiger partial charge in [0.25, 0.3) is 0 Å². The number of aliphatic hydroxyl groups is 1. The molecule has 230 valence electrons. The van der Waals surface area contributed by atoms with E-state index in [2.05, 4.69) is 61.1 Å². The number of aliphatic imine (C=N–C) groups is 1. The van der Waals surface area contributed by atoms with Gasteiger partial charge in [0.1, 0.15) is 5.84 Å². The minimum absolute atomic E-state index is 0.0951. The lowest BCUT2D eigenvalue weighted by Gasteiger charge is -2.41. The largest absolute Gasteiger partial charge is 0.390 e. The van der Waals surface area contributed by atoms with Gasteiger partial charge in [0.05, 0.1) is 11.3 Å². The molecule has 2 heterocycles. The van der Waals surface area contributed by atoms with Gasteiger partial charge in [-0.15, -0.1) is 0 Å². The third kappa shape index (κ3) is 8.65. The first kappa shape index (κ1) is 32.2. The molecule has 1 aromatic heterocycles. The van der Waals surface area contributed by atoms with Crippen LogP contribution in [0.15, 0.2) is 59.9 Å². The molecule has 3 unspecified atom stereocenters. The Morgan fingerprint density at radius 2 is 1.81 bits per heavy atom. The van der Waals surface area contributed by atoms with Crippen LogP contribution in [0.4, 0.5) is 5.69 Å². The van der Waals surface area contributed by atoms with E-state index in [1.165, 1.54) is 24.8 Å². The fourth-order valence-corrected chi connectivity index (χ4v) is 7.62. The van der Waals surface area contributed by atoms with Crippen molar-refractivity contribution in [1.82, 2.24) is 9.88 Å². The molecule has 0 bridgehead atoms. The highest BCUT2D eigenvalue weighted by atomic mass is 16.3. The van der Waals surface area contributed by atoms with E-state index in [0.717, 1.165) is 70.0 Å². The molecule has 1 aromatic carbocycles. The molecule has 6 nitrogen and oxygen atoms in total. The van der Waals surface area contributed by atoms with E-state index in [1.54, 1.807) is 12.4 Å². The summed E-state index contributed by atoms with van der Waals surface area (Å²) < 4.78 is 0. The zero-order chi connectivity index (χ0) is 30.0. The predicted molar refractivity (Wildman–Crippen MR) is 173 cm³/mol. The maximum Gasteiger partial charge on any atom is 0.225 e. The van der Waals surface area contributed by atoms with E-state index in [1.807, 2.05) is 17.0 Å². The van der Waals surface area contributed by atoms with E-state index in [9.17, 15) is 9.90 Å². The number of nitrogens with two attached hydrogens (primary N) is 1. The van der Waals surface area contributed by atoms with Crippen molar-refractivity contribution in [2.45, 2.75) is 115 Å². The minimum atomic E-state index is -0.599. The molecule has 1 aliphatic heterocycles. The number of aromatic nitrogens is 1. The van der Waals surface area contributed by atoms with Gasteiger partial charge in [-0.1, -0.05) is 70.4 Å². The van der Waals surface area contributed by atoms with Gasteiger partial charge in [0.2, 0.25) is 5.91 Å². The number of rotatable bonds is 11. The zero-order valence-electron chi connectivity index (χ0n) is 26.3. The van der Waals surface area contributed by atoms with Crippen LogP contribution in [-0.4, -0.2) is 45.4 Å². The summed E-state index contributed by atoms with van der Waals surface area (Å²) in [5.74, 6) is 1.42. The first-order valence-electron chi connectivity index (χ1n) is 16.5. The third-order valence-electron chi connectivity index (χ3n) is 10.1. The number of carbonyl (C=O) groups excluding carboxylic acids is 1. The Hall–Kier alpha value is -2.73. The lowest BCUT2D eigenvalue weighted by molar-refractivity contribution is -0.138. The number of benzene rings is 1. The summed E-state index contributed by atoms with van der Waals surface area (Å²) in [6, 6.07) is 14.8. The molecule has 0 radical (unpaired) electrons. The quantitative estimate of drug-likeness (QED) is 0.214. The molecule has 6 heteroatoms. The average Bonchev–Trinajstić information content (AvgIpc) is 2.99. The van der Waals surface area contributed by atoms with Gasteiger partial charge in [-0.3, -0.25) is 9.78 Å². The molecule has 3 N–H and O–H groups in total. The number of hydrogen-bond acceptors (Lipinski definition) is 4. The van der Waals surface area contributed by atoms with Gasteiger partial charge in [-0.2, -0.15) is 0 Å². The second-order valence-corrected chi connectivity index (χ2v) is 13.5. The van der Waals surface area contributed by atoms with Crippen LogP contribution >= 0.6 is 0 Å². The highest BCUT2D eigenvalue weighted by Crippen LogP contribution is 2.45. The van der Waals surface area contributed by atoms with Crippen molar-refractivity contribution in [1.29, 1.82) is 0 Å². The van der Waals surface area contributed by atoms with Gasteiger partial charge < -0.3 is 15.7 Å². The van der Waals surface area contributed by atoms with Gasteiger partial charge in [0, 0.05) is 37.8 Å². The number of carbonyl (C=O) groups is 1. The van der Waals surface area contributed by atoms with Crippen molar-refractivity contribution >= 4 is 17.4 Å². The lowest BCUT2D eigenvalue weighted by Crippen LogP contribution is -2.44. The second-order valence-electron chi connectivity index (χ2n) is 13.5. The van der Waals surface area contributed by atoms with E-state index < -0.39 is 5.60 Å². The Kier molecular flexibility index (Phi) is 11.6. The summed E-state index contributed by atoms with van der Waals surface area (Å²) in [5.41, 5.74) is 8.07. The maximum absolute atomic E-state index is 14.1. The predicted octanol–water partition coefficient (Wildman–Crippen LogP) is 7.57. The summed E-state index contributed by atoms with van der Waals surface area (Å²) in [5, 5.41) is 11.2. The summed E-state index contributed by atoms with van der Waals surface area (Å²) >= 11 is 0. The van der Waals surface area contributed by atoms with Gasteiger partial charge in [0.15, 0.2) is 0 Å².